The maximum atomic E-state index is 6.44. The molecule has 1 rings (SSSR count). The van der Waals surface area contributed by atoms with Crippen LogP contribution in [0.4, 0.5) is 0 Å². The van der Waals surface area contributed by atoms with Crippen molar-refractivity contribution >= 4 is 0 Å². The summed E-state index contributed by atoms with van der Waals surface area (Å²) in [7, 11) is 0. The fourth-order valence-electron chi connectivity index (χ4n) is 4.29. The molecule has 0 spiro atoms. The van der Waals surface area contributed by atoms with Crippen molar-refractivity contribution in [3.8, 4) is 0 Å². The SMILES string of the molecule is CCC(C)(C)OC(C)(C)CON1C(C)(C)CC(C(C)(C)C)CC1(C)C. The lowest BCUT2D eigenvalue weighted by Crippen LogP contribution is -2.62. The first kappa shape index (κ1) is 22.9. The van der Waals surface area contributed by atoms with Crippen molar-refractivity contribution in [3.05, 3.63) is 0 Å². The number of nitrogens with zero attached hydrogens (tertiary/aromatic N) is 1. The van der Waals surface area contributed by atoms with E-state index in [0.29, 0.717) is 17.9 Å². The Morgan fingerprint density at radius 1 is 0.840 bits per heavy atom. The molecule has 150 valence electrons. The monoisotopic (exact) mass is 355 g/mol. The molecular weight excluding hydrogens is 310 g/mol. The zero-order valence-corrected chi connectivity index (χ0v) is 19.2. The number of hydroxylamine groups is 2. The molecule has 1 heterocycles. The largest absolute Gasteiger partial charge is 0.367 e. The Kier molecular flexibility index (Phi) is 6.53. The lowest BCUT2D eigenvalue weighted by molar-refractivity contribution is -0.314. The van der Waals surface area contributed by atoms with Crippen LogP contribution in [0.5, 0.6) is 0 Å². The van der Waals surface area contributed by atoms with Crippen molar-refractivity contribution in [1.29, 1.82) is 0 Å². The molecule has 1 aliphatic rings. The first-order valence-corrected chi connectivity index (χ1v) is 10.1. The molecule has 25 heavy (non-hydrogen) atoms. The van der Waals surface area contributed by atoms with E-state index in [-0.39, 0.29) is 22.3 Å². The van der Waals surface area contributed by atoms with Gasteiger partial charge in [0.1, 0.15) is 0 Å². The molecule has 0 aromatic rings. The van der Waals surface area contributed by atoms with Crippen LogP contribution in [0.1, 0.15) is 102 Å². The Balaban J connectivity index is 2.87. The van der Waals surface area contributed by atoms with Gasteiger partial charge in [0.15, 0.2) is 0 Å². The molecule has 0 bridgehead atoms. The lowest BCUT2D eigenvalue weighted by Gasteiger charge is -2.56. The summed E-state index contributed by atoms with van der Waals surface area (Å²) in [5.74, 6) is 0.695. The van der Waals surface area contributed by atoms with Gasteiger partial charge in [0.25, 0.3) is 0 Å². The number of ether oxygens (including phenoxy) is 1. The number of rotatable bonds is 6. The third kappa shape index (κ3) is 6.22. The lowest BCUT2D eigenvalue weighted by atomic mass is 9.65. The molecule has 3 nitrogen and oxygen atoms in total. The van der Waals surface area contributed by atoms with Gasteiger partial charge < -0.3 is 4.74 Å². The van der Waals surface area contributed by atoms with Gasteiger partial charge in [-0.25, -0.2) is 0 Å². The van der Waals surface area contributed by atoms with E-state index in [9.17, 15) is 0 Å². The molecule has 1 fully saturated rings. The highest BCUT2D eigenvalue weighted by atomic mass is 16.7. The van der Waals surface area contributed by atoms with Crippen LogP contribution in [0.2, 0.25) is 0 Å². The van der Waals surface area contributed by atoms with E-state index in [0.717, 1.165) is 19.3 Å². The maximum absolute atomic E-state index is 6.44. The van der Waals surface area contributed by atoms with Crippen LogP contribution in [-0.4, -0.2) is 34.0 Å². The van der Waals surface area contributed by atoms with Gasteiger partial charge in [0.2, 0.25) is 0 Å². The van der Waals surface area contributed by atoms with Crippen molar-refractivity contribution < 1.29 is 9.57 Å². The number of hydrogen-bond donors (Lipinski definition) is 0. The van der Waals surface area contributed by atoms with Crippen molar-refractivity contribution in [2.24, 2.45) is 11.3 Å². The predicted molar refractivity (Wildman–Crippen MR) is 108 cm³/mol. The van der Waals surface area contributed by atoms with Crippen molar-refractivity contribution in [2.75, 3.05) is 6.61 Å². The molecule has 0 N–H and O–H groups in total. The minimum absolute atomic E-state index is 0.00997. The van der Waals surface area contributed by atoms with Gasteiger partial charge in [-0.3, -0.25) is 4.84 Å². The minimum atomic E-state index is -0.313. The van der Waals surface area contributed by atoms with E-state index >= 15 is 0 Å². The van der Waals surface area contributed by atoms with Crippen LogP contribution in [0, 0.1) is 11.3 Å². The van der Waals surface area contributed by atoms with Gasteiger partial charge in [-0.15, -0.1) is 0 Å². The summed E-state index contributed by atoms with van der Waals surface area (Å²) < 4.78 is 6.33. The number of piperidine rings is 1. The smallest absolute Gasteiger partial charge is 0.0970 e. The van der Waals surface area contributed by atoms with Crippen LogP contribution >= 0.6 is 0 Å². The van der Waals surface area contributed by atoms with Crippen molar-refractivity contribution in [1.82, 2.24) is 5.06 Å². The van der Waals surface area contributed by atoms with E-state index in [4.69, 9.17) is 9.57 Å². The van der Waals surface area contributed by atoms with Crippen LogP contribution < -0.4 is 0 Å². The molecule has 0 unspecified atom stereocenters. The summed E-state index contributed by atoms with van der Waals surface area (Å²) in [5.41, 5.74) is -0.0933. The molecule has 1 saturated heterocycles. The second kappa shape index (κ2) is 7.13. The highest BCUT2D eigenvalue weighted by molar-refractivity contribution is 4.99. The van der Waals surface area contributed by atoms with Crippen LogP contribution in [0.15, 0.2) is 0 Å². The quantitative estimate of drug-likeness (QED) is 0.565. The van der Waals surface area contributed by atoms with Gasteiger partial charge in [0.05, 0.1) is 17.8 Å². The van der Waals surface area contributed by atoms with Gasteiger partial charge in [-0.05, 0) is 86.0 Å². The molecule has 0 aromatic heterocycles. The zero-order chi connectivity index (χ0) is 19.9. The first-order valence-electron chi connectivity index (χ1n) is 10.1. The van der Waals surface area contributed by atoms with E-state index in [1.165, 1.54) is 0 Å². The average molecular weight is 356 g/mol. The van der Waals surface area contributed by atoms with E-state index in [2.05, 4.69) is 88.1 Å². The molecule has 1 aliphatic heterocycles. The molecule has 0 amide bonds. The zero-order valence-electron chi connectivity index (χ0n) is 19.2. The van der Waals surface area contributed by atoms with Crippen LogP contribution in [0.25, 0.3) is 0 Å². The second-order valence-corrected chi connectivity index (χ2v) is 11.6. The van der Waals surface area contributed by atoms with Crippen LogP contribution in [-0.2, 0) is 9.57 Å². The van der Waals surface area contributed by atoms with Gasteiger partial charge in [0, 0.05) is 11.1 Å². The van der Waals surface area contributed by atoms with Crippen molar-refractivity contribution in [3.63, 3.8) is 0 Å². The highest BCUT2D eigenvalue weighted by Crippen LogP contribution is 2.48. The standard InChI is InChI=1S/C22H45NO2/c1-13-21(9,10)25-22(11,12)16-24-23-19(5,6)14-17(18(2,3)4)15-20(23,7)8/h17H,13-16H2,1-12H3. The van der Waals surface area contributed by atoms with E-state index < -0.39 is 0 Å². The summed E-state index contributed by atoms with van der Waals surface area (Å²) in [6.45, 7) is 27.7. The second-order valence-electron chi connectivity index (χ2n) is 11.6. The predicted octanol–water partition coefficient (Wildman–Crippen LogP) is 6.22. The van der Waals surface area contributed by atoms with Gasteiger partial charge in [-0.1, -0.05) is 27.7 Å². The summed E-state index contributed by atoms with van der Waals surface area (Å²) in [6, 6.07) is 0. The summed E-state index contributed by atoms with van der Waals surface area (Å²) in [4.78, 5) is 6.44. The number of hydrogen-bond acceptors (Lipinski definition) is 3. The van der Waals surface area contributed by atoms with Crippen LogP contribution in [0.3, 0.4) is 0 Å². The molecule has 3 heteroatoms. The fourth-order valence-corrected chi connectivity index (χ4v) is 4.29. The van der Waals surface area contributed by atoms with E-state index in [1.54, 1.807) is 0 Å². The summed E-state index contributed by atoms with van der Waals surface area (Å²) in [6.07, 6.45) is 3.30. The van der Waals surface area contributed by atoms with Gasteiger partial charge in [-0.2, -0.15) is 5.06 Å². The fraction of sp³-hybridized carbons (Fsp3) is 1.00. The Morgan fingerprint density at radius 3 is 1.64 bits per heavy atom. The summed E-state index contributed by atoms with van der Waals surface area (Å²) in [5, 5.41) is 2.26. The Morgan fingerprint density at radius 2 is 1.28 bits per heavy atom. The Hall–Kier alpha value is -0.120. The summed E-state index contributed by atoms with van der Waals surface area (Å²) >= 11 is 0. The Labute approximate surface area is 157 Å². The normalized spacial score (nSPS) is 23.0. The molecule has 0 aromatic carbocycles. The molecule has 0 radical (unpaired) electrons. The minimum Gasteiger partial charge on any atom is -0.367 e. The molecule has 0 aliphatic carbocycles. The molecule has 0 saturated carbocycles. The highest BCUT2D eigenvalue weighted by Gasteiger charge is 2.49. The van der Waals surface area contributed by atoms with E-state index in [1.807, 2.05) is 0 Å². The third-order valence-corrected chi connectivity index (χ3v) is 5.76. The topological polar surface area (TPSA) is 21.7 Å². The maximum Gasteiger partial charge on any atom is 0.0970 e. The molecular formula is C22H45NO2. The first-order chi connectivity index (χ1) is 10.9. The third-order valence-electron chi connectivity index (χ3n) is 5.76. The molecule has 0 atom stereocenters. The van der Waals surface area contributed by atoms with Gasteiger partial charge >= 0.3 is 0 Å². The average Bonchev–Trinajstić information content (AvgIpc) is 2.33. The van der Waals surface area contributed by atoms with Crippen molar-refractivity contribution in [2.45, 2.75) is 125 Å². The Bertz CT molecular complexity index is 425.